The number of aliphatic hydroxyl groups is 1. The van der Waals surface area contributed by atoms with Crippen LogP contribution in [0.4, 0.5) is 0 Å². The molecule has 0 aliphatic rings. The number of rotatable bonds is 70. The number of unbranched alkanes of at least 4 members (excludes halogenated alkanes) is 35. The van der Waals surface area contributed by atoms with Crippen molar-refractivity contribution in [1.29, 1.82) is 0 Å². The van der Waals surface area contributed by atoms with Crippen molar-refractivity contribution in [2.45, 2.75) is 382 Å². The van der Waals surface area contributed by atoms with E-state index in [1.807, 2.05) is 0 Å². The minimum atomic E-state index is -4.95. The zero-order chi connectivity index (χ0) is 68.2. The van der Waals surface area contributed by atoms with Gasteiger partial charge in [-0.05, 0) is 49.4 Å². The van der Waals surface area contributed by atoms with Crippen LogP contribution in [-0.2, 0) is 65.4 Å². The Kier molecular flexibility index (Phi) is 61.3. The SMILES string of the molecule is CCC(C)CCCCCCCCCCCCCCCCCCCCC(=O)OC[C@H](COP(=O)(O)OCC(O)COP(=O)(O)OC[C@@H](COC(=O)CCCCCCCCCC(C)C)OC(=O)CCCCCCCCCC(C)C)OC(=O)CCCCCCCCCC(C)C. The third-order valence-corrected chi connectivity index (χ3v) is 19.1. The molecule has 3 N–H and O–H groups in total. The molecule has 0 bridgehead atoms. The lowest BCUT2D eigenvalue weighted by Gasteiger charge is -2.21. The van der Waals surface area contributed by atoms with Gasteiger partial charge in [-0.3, -0.25) is 37.3 Å². The molecule has 0 aliphatic heterocycles. The Balaban J connectivity index is 5.10. The van der Waals surface area contributed by atoms with Crippen molar-refractivity contribution in [3.63, 3.8) is 0 Å². The van der Waals surface area contributed by atoms with Gasteiger partial charge in [0.2, 0.25) is 0 Å². The van der Waals surface area contributed by atoms with Crippen LogP contribution in [0.2, 0.25) is 0 Å². The van der Waals surface area contributed by atoms with Crippen LogP contribution >= 0.6 is 15.6 Å². The first-order chi connectivity index (χ1) is 44.1. The van der Waals surface area contributed by atoms with Crippen molar-refractivity contribution >= 4 is 39.5 Å². The van der Waals surface area contributed by atoms with E-state index in [0.717, 1.165) is 102 Å². The first-order valence-electron chi connectivity index (χ1n) is 37.7. The topological polar surface area (TPSA) is 237 Å². The molecule has 0 radical (unpaired) electrons. The van der Waals surface area contributed by atoms with E-state index >= 15 is 0 Å². The van der Waals surface area contributed by atoms with Crippen LogP contribution in [0.1, 0.15) is 364 Å². The standard InChI is InChI=1S/C73H142O17P2/c1-9-66(8)52-44-36-28-20-18-16-14-12-10-11-13-15-17-19-21-29-37-45-53-70(75)83-59-68(89-72(77)55-47-39-31-23-26-34-42-50-64(4)5)61-87-91(79,80)85-57-67(74)58-86-92(81,82)88-62-69(90-73(78)56-48-40-32-24-27-35-43-51-65(6)7)60-84-71(76)54-46-38-30-22-25-33-41-49-63(2)3/h63-69,74H,9-62H2,1-8H3,(H,79,80)(H,81,82)/t66?,67?,68-,69-/m1/s1. The number of esters is 4. The molecule has 4 unspecified atom stereocenters. The predicted molar refractivity (Wildman–Crippen MR) is 372 cm³/mol. The van der Waals surface area contributed by atoms with Crippen LogP contribution in [-0.4, -0.2) is 96.7 Å². The van der Waals surface area contributed by atoms with E-state index in [2.05, 4.69) is 55.4 Å². The van der Waals surface area contributed by atoms with Crippen molar-refractivity contribution in [1.82, 2.24) is 0 Å². The van der Waals surface area contributed by atoms with E-state index in [-0.39, 0.29) is 25.7 Å². The van der Waals surface area contributed by atoms with Gasteiger partial charge in [0.05, 0.1) is 26.4 Å². The van der Waals surface area contributed by atoms with E-state index < -0.39 is 97.5 Å². The van der Waals surface area contributed by atoms with Gasteiger partial charge < -0.3 is 33.8 Å². The van der Waals surface area contributed by atoms with E-state index in [9.17, 15) is 43.2 Å². The van der Waals surface area contributed by atoms with E-state index in [1.165, 1.54) is 161 Å². The fourth-order valence-corrected chi connectivity index (χ4v) is 12.6. The highest BCUT2D eigenvalue weighted by molar-refractivity contribution is 7.47. The Morgan fingerprint density at radius 1 is 0.304 bits per heavy atom. The highest BCUT2D eigenvalue weighted by Gasteiger charge is 2.30. The number of carbonyl (C=O) groups excluding carboxylic acids is 4. The Hall–Kier alpha value is -1.94. The number of phosphoric acid groups is 2. The quantitative estimate of drug-likeness (QED) is 0.0222. The Morgan fingerprint density at radius 3 is 0.772 bits per heavy atom. The number of phosphoric ester groups is 2. The summed E-state index contributed by atoms with van der Waals surface area (Å²) in [4.78, 5) is 72.5. The highest BCUT2D eigenvalue weighted by atomic mass is 31.2. The van der Waals surface area contributed by atoms with Crippen molar-refractivity contribution < 1.29 is 80.2 Å². The molecule has 0 heterocycles. The molecule has 0 spiro atoms. The van der Waals surface area contributed by atoms with Gasteiger partial charge in [0.25, 0.3) is 0 Å². The number of ether oxygens (including phenoxy) is 4. The molecular formula is C73H142O17P2. The molecular weight excluding hydrogens is 1210 g/mol. The van der Waals surface area contributed by atoms with E-state index in [4.69, 9.17) is 37.0 Å². The molecule has 0 saturated heterocycles. The summed E-state index contributed by atoms with van der Waals surface area (Å²) in [6, 6.07) is 0. The number of carbonyl (C=O) groups is 4. The predicted octanol–water partition coefficient (Wildman–Crippen LogP) is 20.9. The lowest BCUT2D eigenvalue weighted by Crippen LogP contribution is -2.30. The van der Waals surface area contributed by atoms with Gasteiger partial charge in [0.15, 0.2) is 12.2 Å². The third-order valence-electron chi connectivity index (χ3n) is 17.2. The van der Waals surface area contributed by atoms with Gasteiger partial charge in [-0.25, -0.2) is 9.13 Å². The number of hydrogen-bond acceptors (Lipinski definition) is 15. The summed E-state index contributed by atoms with van der Waals surface area (Å²) < 4.78 is 68.2. The average molecular weight is 1350 g/mol. The molecule has 6 atom stereocenters. The van der Waals surface area contributed by atoms with Crippen molar-refractivity contribution in [2.75, 3.05) is 39.6 Å². The first-order valence-corrected chi connectivity index (χ1v) is 40.7. The molecule has 0 aromatic heterocycles. The summed E-state index contributed by atoms with van der Waals surface area (Å²) in [5, 5.41) is 10.6. The third kappa shape index (κ3) is 65.4. The minimum Gasteiger partial charge on any atom is -0.462 e. The molecule has 17 nitrogen and oxygen atoms in total. The maximum Gasteiger partial charge on any atom is 0.472 e. The van der Waals surface area contributed by atoms with Crippen LogP contribution in [0, 0.1) is 23.7 Å². The number of aliphatic hydroxyl groups excluding tert-OH is 1. The molecule has 0 aromatic rings. The van der Waals surface area contributed by atoms with Crippen LogP contribution in [0.3, 0.4) is 0 Å². The second-order valence-electron chi connectivity index (χ2n) is 28.0. The van der Waals surface area contributed by atoms with Gasteiger partial charge in [-0.1, -0.05) is 312 Å². The smallest absolute Gasteiger partial charge is 0.462 e. The monoisotopic (exact) mass is 1350 g/mol. The Bertz CT molecular complexity index is 1820. The molecule has 0 saturated carbocycles. The summed E-state index contributed by atoms with van der Waals surface area (Å²) in [7, 11) is -9.90. The van der Waals surface area contributed by atoms with Crippen LogP contribution < -0.4 is 0 Å². The molecule has 546 valence electrons. The zero-order valence-electron chi connectivity index (χ0n) is 60.2. The lowest BCUT2D eigenvalue weighted by molar-refractivity contribution is -0.161. The second kappa shape index (κ2) is 62.6. The van der Waals surface area contributed by atoms with Crippen LogP contribution in [0.15, 0.2) is 0 Å². The van der Waals surface area contributed by atoms with Crippen molar-refractivity contribution in [2.24, 2.45) is 23.7 Å². The largest absolute Gasteiger partial charge is 0.472 e. The van der Waals surface area contributed by atoms with Gasteiger partial charge in [-0.2, -0.15) is 0 Å². The minimum absolute atomic E-state index is 0.102. The second-order valence-corrected chi connectivity index (χ2v) is 30.9. The van der Waals surface area contributed by atoms with E-state index in [1.54, 1.807) is 0 Å². The summed E-state index contributed by atoms with van der Waals surface area (Å²) in [6.45, 7) is 14.0. The van der Waals surface area contributed by atoms with E-state index in [0.29, 0.717) is 43.4 Å². The molecule has 19 heteroatoms. The first kappa shape index (κ1) is 90.1. The molecule has 0 aromatic carbocycles. The highest BCUT2D eigenvalue weighted by Crippen LogP contribution is 2.45. The summed E-state index contributed by atoms with van der Waals surface area (Å²) >= 11 is 0. The fraction of sp³-hybridized carbons (Fsp3) is 0.945. The molecule has 92 heavy (non-hydrogen) atoms. The molecule has 0 rings (SSSR count). The fourth-order valence-electron chi connectivity index (χ4n) is 11.0. The normalized spacial score (nSPS) is 14.5. The molecule has 0 aliphatic carbocycles. The summed E-state index contributed by atoms with van der Waals surface area (Å²) in [5.74, 6) is 0.838. The van der Waals surface area contributed by atoms with Gasteiger partial charge in [0, 0.05) is 25.7 Å². The van der Waals surface area contributed by atoms with Crippen molar-refractivity contribution in [3.05, 3.63) is 0 Å². The molecule has 0 fully saturated rings. The van der Waals surface area contributed by atoms with Crippen LogP contribution in [0.5, 0.6) is 0 Å². The summed E-state index contributed by atoms with van der Waals surface area (Å²) in [6.07, 6.45) is 46.3. The zero-order valence-corrected chi connectivity index (χ0v) is 62.0. The average Bonchev–Trinajstić information content (AvgIpc) is 2.75. The summed E-state index contributed by atoms with van der Waals surface area (Å²) in [5.41, 5.74) is 0. The number of hydrogen-bond donors (Lipinski definition) is 3. The van der Waals surface area contributed by atoms with Crippen molar-refractivity contribution in [3.8, 4) is 0 Å². The maximum atomic E-state index is 13.0. The van der Waals surface area contributed by atoms with Gasteiger partial charge >= 0.3 is 39.5 Å². The van der Waals surface area contributed by atoms with Crippen LogP contribution in [0.25, 0.3) is 0 Å². The lowest BCUT2D eigenvalue weighted by atomic mass is 9.99. The Labute approximate surface area is 562 Å². The maximum absolute atomic E-state index is 13.0. The van der Waals surface area contributed by atoms with Gasteiger partial charge in [-0.15, -0.1) is 0 Å². The molecule has 0 amide bonds. The Morgan fingerprint density at radius 2 is 0.522 bits per heavy atom. The van der Waals surface area contributed by atoms with Gasteiger partial charge in [0.1, 0.15) is 19.3 Å².